The first-order valence-corrected chi connectivity index (χ1v) is 6.59. The van der Waals surface area contributed by atoms with E-state index in [1.807, 2.05) is 6.08 Å². The molecule has 1 rings (SSSR count). The fourth-order valence-electron chi connectivity index (χ4n) is 1.99. The summed E-state index contributed by atoms with van der Waals surface area (Å²) in [5.74, 6) is -0.684. The van der Waals surface area contributed by atoms with Gasteiger partial charge in [-0.15, -0.1) is 6.58 Å². The summed E-state index contributed by atoms with van der Waals surface area (Å²) in [5.41, 5.74) is 4.86. The van der Waals surface area contributed by atoms with E-state index in [2.05, 4.69) is 6.58 Å². The van der Waals surface area contributed by atoms with Crippen molar-refractivity contribution in [2.45, 2.75) is 44.3 Å². The van der Waals surface area contributed by atoms with Gasteiger partial charge in [0.2, 0.25) is 0 Å². The van der Waals surface area contributed by atoms with Crippen molar-refractivity contribution in [3.05, 3.63) is 47.8 Å². The van der Waals surface area contributed by atoms with E-state index >= 15 is 0 Å². The summed E-state index contributed by atoms with van der Waals surface area (Å²) in [5, 5.41) is 0. The van der Waals surface area contributed by atoms with Crippen LogP contribution < -0.4 is 5.73 Å². The highest BCUT2D eigenvalue weighted by Crippen LogP contribution is 2.32. The third kappa shape index (κ3) is 4.96. The molecule has 1 nitrogen and oxygen atoms in total. The predicted octanol–water partition coefficient (Wildman–Crippen LogP) is 4.98. The highest BCUT2D eigenvalue weighted by Gasteiger charge is 2.31. The Hall–Kier alpha value is -1.36. The van der Waals surface area contributed by atoms with Crippen molar-refractivity contribution < 1.29 is 17.6 Å². The van der Waals surface area contributed by atoms with E-state index in [1.165, 1.54) is 0 Å². The van der Waals surface area contributed by atoms with Crippen LogP contribution in [0.4, 0.5) is 17.6 Å². The molecule has 0 aromatic heterocycles. The molecule has 5 heteroatoms. The van der Waals surface area contributed by atoms with Gasteiger partial charge in [0.1, 0.15) is 5.82 Å². The summed E-state index contributed by atoms with van der Waals surface area (Å²) in [6.45, 7) is 3.60. The first-order valence-electron chi connectivity index (χ1n) is 6.59. The molecule has 1 unspecified atom stereocenters. The number of hydrogen-bond donors (Lipinski definition) is 1. The normalized spacial score (nSPS) is 13.2. The maximum Gasteiger partial charge on any atom is 0.416 e. The monoisotopic (exact) mass is 289 g/mol. The second-order valence-corrected chi connectivity index (χ2v) is 4.77. The van der Waals surface area contributed by atoms with E-state index in [4.69, 9.17) is 5.73 Å². The van der Waals surface area contributed by atoms with Crippen molar-refractivity contribution in [3.63, 3.8) is 0 Å². The average Bonchev–Trinajstić information content (AvgIpc) is 2.37. The second kappa shape index (κ2) is 7.43. The van der Waals surface area contributed by atoms with Gasteiger partial charge in [0.05, 0.1) is 5.56 Å². The third-order valence-corrected chi connectivity index (χ3v) is 3.15. The average molecular weight is 289 g/mol. The quantitative estimate of drug-likeness (QED) is 0.427. The molecule has 0 bridgehead atoms. The van der Waals surface area contributed by atoms with Crippen molar-refractivity contribution in [1.29, 1.82) is 0 Å². The van der Waals surface area contributed by atoms with Crippen molar-refractivity contribution in [1.82, 2.24) is 0 Å². The summed E-state index contributed by atoms with van der Waals surface area (Å²) in [6.07, 6.45) is 1.31. The van der Waals surface area contributed by atoms with Gasteiger partial charge in [-0.3, -0.25) is 0 Å². The van der Waals surface area contributed by atoms with Crippen LogP contribution in [0.1, 0.15) is 49.3 Å². The van der Waals surface area contributed by atoms with Crippen molar-refractivity contribution in [2.24, 2.45) is 5.73 Å². The van der Waals surface area contributed by atoms with Gasteiger partial charge >= 0.3 is 6.18 Å². The number of halogens is 4. The van der Waals surface area contributed by atoms with Crippen LogP contribution in [0.2, 0.25) is 0 Å². The molecule has 0 amide bonds. The van der Waals surface area contributed by atoms with Gasteiger partial charge in [0.15, 0.2) is 0 Å². The molecule has 2 N–H and O–H groups in total. The van der Waals surface area contributed by atoms with Crippen molar-refractivity contribution in [2.75, 3.05) is 0 Å². The van der Waals surface area contributed by atoms with Crippen LogP contribution in [0.15, 0.2) is 30.9 Å². The summed E-state index contributed by atoms with van der Waals surface area (Å²) in [6, 6.07) is 1.66. The molecule has 1 aromatic rings. The highest BCUT2D eigenvalue weighted by atomic mass is 19.4. The second-order valence-electron chi connectivity index (χ2n) is 4.77. The molecule has 0 radical (unpaired) electrons. The molecule has 0 aliphatic rings. The van der Waals surface area contributed by atoms with Gasteiger partial charge in [0, 0.05) is 11.6 Å². The molecule has 0 saturated carbocycles. The first-order chi connectivity index (χ1) is 9.36. The van der Waals surface area contributed by atoms with Gasteiger partial charge in [-0.25, -0.2) is 4.39 Å². The van der Waals surface area contributed by atoms with Crippen LogP contribution in [0.5, 0.6) is 0 Å². The summed E-state index contributed by atoms with van der Waals surface area (Å²) in [4.78, 5) is 0. The summed E-state index contributed by atoms with van der Waals surface area (Å²) < 4.78 is 51.3. The van der Waals surface area contributed by atoms with Gasteiger partial charge in [-0.05, 0) is 37.5 Å². The molecule has 0 aliphatic carbocycles. The Morgan fingerprint density at radius 1 is 1.20 bits per heavy atom. The third-order valence-electron chi connectivity index (χ3n) is 3.15. The largest absolute Gasteiger partial charge is 0.416 e. The fraction of sp³-hybridized carbons (Fsp3) is 0.467. The molecule has 0 aliphatic heterocycles. The van der Waals surface area contributed by atoms with Gasteiger partial charge in [-0.1, -0.05) is 18.9 Å². The van der Waals surface area contributed by atoms with E-state index in [9.17, 15) is 17.6 Å². The number of nitrogens with two attached hydrogens (primary N) is 1. The molecule has 1 atom stereocenters. The molecule has 0 spiro atoms. The zero-order valence-corrected chi connectivity index (χ0v) is 11.2. The smallest absolute Gasteiger partial charge is 0.324 e. The molecule has 1 aromatic carbocycles. The molecule has 20 heavy (non-hydrogen) atoms. The maximum atomic E-state index is 13.6. The maximum absolute atomic E-state index is 13.6. The Kier molecular flexibility index (Phi) is 6.20. The summed E-state index contributed by atoms with van der Waals surface area (Å²) in [7, 11) is 0. The Balaban J connectivity index is 2.67. The fourth-order valence-corrected chi connectivity index (χ4v) is 1.99. The zero-order valence-electron chi connectivity index (χ0n) is 11.2. The lowest BCUT2D eigenvalue weighted by Gasteiger charge is -2.15. The first kappa shape index (κ1) is 16.7. The Morgan fingerprint density at radius 3 is 2.50 bits per heavy atom. The van der Waals surface area contributed by atoms with Gasteiger partial charge in [-0.2, -0.15) is 13.2 Å². The topological polar surface area (TPSA) is 26.0 Å². The van der Waals surface area contributed by atoms with E-state index < -0.39 is 23.6 Å². The standard InChI is InChI=1S/C15H19F4N/c1-2-3-4-5-6-7-14(20)12-10-11(15(17,18)19)8-9-13(12)16/h2,8-10,14H,1,3-7,20H2. The van der Waals surface area contributed by atoms with Gasteiger partial charge in [0.25, 0.3) is 0 Å². The molecular formula is C15H19F4N. The molecule has 0 heterocycles. The number of hydrogen-bond acceptors (Lipinski definition) is 1. The Labute approximate surface area is 116 Å². The Morgan fingerprint density at radius 2 is 1.90 bits per heavy atom. The number of alkyl halides is 3. The lowest BCUT2D eigenvalue weighted by Crippen LogP contribution is -2.14. The lowest BCUT2D eigenvalue weighted by molar-refractivity contribution is -0.137. The number of allylic oxidation sites excluding steroid dienone is 1. The summed E-state index contributed by atoms with van der Waals surface area (Å²) >= 11 is 0. The van der Waals surface area contributed by atoms with E-state index in [1.54, 1.807) is 0 Å². The van der Waals surface area contributed by atoms with Crippen LogP contribution in [0.25, 0.3) is 0 Å². The minimum absolute atomic E-state index is 0.0662. The highest BCUT2D eigenvalue weighted by molar-refractivity contribution is 5.29. The molecule has 112 valence electrons. The van der Waals surface area contributed by atoms with Crippen LogP contribution in [0.3, 0.4) is 0 Å². The van der Waals surface area contributed by atoms with Crippen LogP contribution in [-0.2, 0) is 6.18 Å². The zero-order chi connectivity index (χ0) is 15.2. The minimum Gasteiger partial charge on any atom is -0.324 e. The van der Waals surface area contributed by atoms with E-state index in [0.29, 0.717) is 6.42 Å². The van der Waals surface area contributed by atoms with Crippen LogP contribution in [0, 0.1) is 5.82 Å². The van der Waals surface area contributed by atoms with Crippen molar-refractivity contribution >= 4 is 0 Å². The number of rotatable bonds is 7. The van der Waals surface area contributed by atoms with Crippen molar-refractivity contribution in [3.8, 4) is 0 Å². The molecule has 0 saturated heterocycles. The molecular weight excluding hydrogens is 270 g/mol. The Bertz CT molecular complexity index is 440. The number of unbranched alkanes of at least 4 members (excludes halogenated alkanes) is 3. The minimum atomic E-state index is -4.48. The van der Waals surface area contributed by atoms with Crippen LogP contribution in [-0.4, -0.2) is 0 Å². The predicted molar refractivity (Wildman–Crippen MR) is 71.6 cm³/mol. The molecule has 0 fully saturated rings. The van der Waals surface area contributed by atoms with Crippen LogP contribution >= 0.6 is 0 Å². The van der Waals surface area contributed by atoms with E-state index in [0.717, 1.165) is 43.9 Å². The SMILES string of the molecule is C=CCCCCCC(N)c1cc(C(F)(F)F)ccc1F. The lowest BCUT2D eigenvalue weighted by atomic mass is 9.98. The van der Waals surface area contributed by atoms with Gasteiger partial charge < -0.3 is 5.73 Å². The number of benzene rings is 1. The van der Waals surface area contributed by atoms with E-state index in [-0.39, 0.29) is 5.56 Å².